The van der Waals surface area contributed by atoms with E-state index in [9.17, 15) is 13.2 Å². The molecule has 20 heavy (non-hydrogen) atoms. The van der Waals surface area contributed by atoms with Crippen molar-refractivity contribution in [3.05, 3.63) is 36.9 Å². The van der Waals surface area contributed by atoms with Gasteiger partial charge in [0.1, 0.15) is 0 Å². The van der Waals surface area contributed by atoms with E-state index in [-0.39, 0.29) is 23.3 Å². The first-order chi connectivity index (χ1) is 9.53. The fourth-order valence-corrected chi connectivity index (χ4v) is 2.88. The van der Waals surface area contributed by atoms with E-state index >= 15 is 0 Å². The monoisotopic (exact) mass is 294 g/mol. The molecule has 5 nitrogen and oxygen atoms in total. The molecule has 0 bridgehead atoms. The lowest BCUT2D eigenvalue weighted by Crippen LogP contribution is -2.28. The summed E-state index contributed by atoms with van der Waals surface area (Å²) in [6, 6.07) is 6.14. The third kappa shape index (κ3) is 3.46. The number of carbonyl (C=O) groups excluding carboxylic acids is 1. The van der Waals surface area contributed by atoms with Crippen LogP contribution in [0.2, 0.25) is 0 Å². The van der Waals surface area contributed by atoms with Gasteiger partial charge in [0.05, 0.1) is 4.90 Å². The highest BCUT2D eigenvalue weighted by Crippen LogP contribution is 2.27. The number of benzene rings is 1. The average Bonchev–Trinajstić information content (AvgIpc) is 2.35. The summed E-state index contributed by atoms with van der Waals surface area (Å²) in [6.07, 6.45) is 4.45. The van der Waals surface area contributed by atoms with Crippen molar-refractivity contribution in [3.63, 3.8) is 0 Å². The molecule has 1 aliphatic carbocycles. The summed E-state index contributed by atoms with van der Waals surface area (Å²) in [4.78, 5) is 11.9. The Kier molecular flexibility index (Phi) is 4.57. The Bertz CT molecular complexity index is 589. The minimum atomic E-state index is -3.51. The van der Waals surface area contributed by atoms with Crippen molar-refractivity contribution in [2.24, 2.45) is 5.92 Å². The number of anilines is 1. The molecule has 6 heteroatoms. The maximum Gasteiger partial charge on any atom is 0.240 e. The van der Waals surface area contributed by atoms with Crippen molar-refractivity contribution in [1.82, 2.24) is 4.72 Å². The molecule has 0 spiro atoms. The molecular formula is C14H18N2O3S. The number of hydrogen-bond acceptors (Lipinski definition) is 3. The standard InChI is InChI=1S/C14H18N2O3S/c1-2-10-15-20(18,19)13-8-6-12(7-9-13)16-14(17)11-4-3-5-11/h2,6-9,11,15H,1,3-5,10H2,(H,16,17). The predicted octanol–water partition coefficient (Wildman–Crippen LogP) is 1.89. The van der Waals surface area contributed by atoms with Crippen molar-refractivity contribution in [2.75, 3.05) is 11.9 Å². The summed E-state index contributed by atoms with van der Waals surface area (Å²) in [5.41, 5.74) is 0.615. The van der Waals surface area contributed by atoms with E-state index in [0.29, 0.717) is 5.69 Å². The Labute approximate surface area is 119 Å². The van der Waals surface area contributed by atoms with E-state index in [1.54, 1.807) is 12.1 Å². The van der Waals surface area contributed by atoms with Gasteiger partial charge in [-0.3, -0.25) is 4.79 Å². The van der Waals surface area contributed by atoms with E-state index in [1.165, 1.54) is 18.2 Å². The Balaban J connectivity index is 2.02. The number of hydrogen-bond donors (Lipinski definition) is 2. The molecule has 1 aromatic rings. The average molecular weight is 294 g/mol. The van der Waals surface area contributed by atoms with E-state index in [0.717, 1.165) is 19.3 Å². The van der Waals surface area contributed by atoms with Gasteiger partial charge in [0.25, 0.3) is 0 Å². The maximum atomic E-state index is 11.8. The van der Waals surface area contributed by atoms with Crippen LogP contribution in [0.4, 0.5) is 5.69 Å². The molecule has 0 atom stereocenters. The van der Waals surface area contributed by atoms with Crippen molar-refractivity contribution < 1.29 is 13.2 Å². The third-order valence-corrected chi connectivity index (χ3v) is 4.77. The first-order valence-electron chi connectivity index (χ1n) is 6.54. The van der Waals surface area contributed by atoms with Gasteiger partial charge in [-0.25, -0.2) is 13.1 Å². The zero-order chi connectivity index (χ0) is 14.6. The minimum Gasteiger partial charge on any atom is -0.326 e. The van der Waals surface area contributed by atoms with Crippen LogP contribution in [0.25, 0.3) is 0 Å². The van der Waals surface area contributed by atoms with E-state index < -0.39 is 10.0 Å². The van der Waals surface area contributed by atoms with Gasteiger partial charge < -0.3 is 5.32 Å². The van der Waals surface area contributed by atoms with Gasteiger partial charge >= 0.3 is 0 Å². The van der Waals surface area contributed by atoms with Crippen molar-refractivity contribution in [2.45, 2.75) is 24.2 Å². The fourth-order valence-electron chi connectivity index (χ4n) is 1.88. The van der Waals surface area contributed by atoms with Gasteiger partial charge in [-0.15, -0.1) is 6.58 Å². The lowest BCUT2D eigenvalue weighted by atomic mass is 9.85. The predicted molar refractivity (Wildman–Crippen MR) is 77.8 cm³/mol. The van der Waals surface area contributed by atoms with Crippen LogP contribution in [0.5, 0.6) is 0 Å². The molecule has 2 rings (SSSR count). The van der Waals surface area contributed by atoms with Crippen molar-refractivity contribution >= 4 is 21.6 Å². The largest absolute Gasteiger partial charge is 0.326 e. The Morgan fingerprint density at radius 3 is 2.45 bits per heavy atom. The smallest absolute Gasteiger partial charge is 0.240 e. The lowest BCUT2D eigenvalue weighted by molar-refractivity contribution is -0.122. The van der Waals surface area contributed by atoms with Crippen LogP contribution in [0.15, 0.2) is 41.8 Å². The van der Waals surface area contributed by atoms with Gasteiger partial charge in [0.15, 0.2) is 0 Å². The first-order valence-corrected chi connectivity index (χ1v) is 8.03. The molecule has 0 saturated heterocycles. The van der Waals surface area contributed by atoms with Crippen LogP contribution in [-0.4, -0.2) is 20.9 Å². The Morgan fingerprint density at radius 2 is 1.95 bits per heavy atom. The van der Waals surface area contributed by atoms with Crippen molar-refractivity contribution in [3.8, 4) is 0 Å². The molecule has 2 N–H and O–H groups in total. The van der Waals surface area contributed by atoms with Gasteiger partial charge in [-0.2, -0.15) is 0 Å². The SMILES string of the molecule is C=CCNS(=O)(=O)c1ccc(NC(=O)C2CCC2)cc1. The molecule has 108 valence electrons. The first kappa shape index (κ1) is 14.7. The molecular weight excluding hydrogens is 276 g/mol. The van der Waals surface area contributed by atoms with E-state index in [4.69, 9.17) is 0 Å². The normalized spacial score (nSPS) is 15.4. The van der Waals surface area contributed by atoms with Gasteiger partial charge in [-0.1, -0.05) is 12.5 Å². The molecule has 0 radical (unpaired) electrons. The van der Waals surface area contributed by atoms with Crippen LogP contribution in [-0.2, 0) is 14.8 Å². The summed E-state index contributed by atoms with van der Waals surface area (Å²) in [5.74, 6) is 0.115. The van der Waals surface area contributed by atoms with E-state index in [1.807, 2.05) is 0 Å². The molecule has 1 amide bonds. The van der Waals surface area contributed by atoms with Crippen molar-refractivity contribution in [1.29, 1.82) is 0 Å². The number of nitrogens with one attached hydrogen (secondary N) is 2. The molecule has 0 heterocycles. The van der Waals surface area contributed by atoms with Gasteiger partial charge in [0, 0.05) is 18.2 Å². The highest BCUT2D eigenvalue weighted by molar-refractivity contribution is 7.89. The topological polar surface area (TPSA) is 75.3 Å². The fraction of sp³-hybridized carbons (Fsp3) is 0.357. The van der Waals surface area contributed by atoms with Crippen LogP contribution in [0.3, 0.4) is 0 Å². The molecule has 1 fully saturated rings. The van der Waals surface area contributed by atoms with Gasteiger partial charge in [-0.05, 0) is 37.1 Å². The van der Waals surface area contributed by atoms with Crippen LogP contribution in [0, 0.1) is 5.92 Å². The molecule has 1 saturated carbocycles. The lowest BCUT2D eigenvalue weighted by Gasteiger charge is -2.24. The summed E-state index contributed by atoms with van der Waals surface area (Å²) >= 11 is 0. The highest BCUT2D eigenvalue weighted by atomic mass is 32.2. The molecule has 0 unspecified atom stereocenters. The van der Waals surface area contributed by atoms with Crippen LogP contribution >= 0.6 is 0 Å². The minimum absolute atomic E-state index is 0.0108. The number of rotatable bonds is 6. The summed E-state index contributed by atoms with van der Waals surface area (Å²) in [6.45, 7) is 3.64. The van der Waals surface area contributed by atoms with Gasteiger partial charge in [0.2, 0.25) is 15.9 Å². The summed E-state index contributed by atoms with van der Waals surface area (Å²) in [7, 11) is -3.51. The second-order valence-corrected chi connectivity index (χ2v) is 6.55. The molecule has 0 aliphatic heterocycles. The quantitative estimate of drug-likeness (QED) is 0.787. The number of amides is 1. The van der Waals surface area contributed by atoms with Crippen LogP contribution < -0.4 is 10.0 Å². The zero-order valence-electron chi connectivity index (χ0n) is 11.1. The molecule has 1 aromatic carbocycles. The molecule has 0 aromatic heterocycles. The van der Waals surface area contributed by atoms with E-state index in [2.05, 4.69) is 16.6 Å². The number of sulfonamides is 1. The Morgan fingerprint density at radius 1 is 1.30 bits per heavy atom. The Hall–Kier alpha value is -1.66. The second-order valence-electron chi connectivity index (χ2n) is 4.78. The number of carbonyl (C=O) groups is 1. The maximum absolute atomic E-state index is 11.8. The van der Waals surface area contributed by atoms with Crippen LogP contribution in [0.1, 0.15) is 19.3 Å². The molecule has 1 aliphatic rings. The summed E-state index contributed by atoms with van der Waals surface area (Å²) < 4.78 is 26.1. The highest BCUT2D eigenvalue weighted by Gasteiger charge is 2.25. The third-order valence-electron chi connectivity index (χ3n) is 3.33. The second kappa shape index (κ2) is 6.19. The summed E-state index contributed by atoms with van der Waals surface area (Å²) in [5, 5.41) is 2.80. The zero-order valence-corrected chi connectivity index (χ0v) is 11.9.